The molecule has 142 valence electrons. The lowest BCUT2D eigenvalue weighted by atomic mass is 10.0. The van der Waals surface area contributed by atoms with Gasteiger partial charge in [-0.2, -0.15) is 0 Å². The predicted octanol–water partition coefficient (Wildman–Crippen LogP) is 5.85. The van der Waals surface area contributed by atoms with Gasteiger partial charge >= 0.3 is 0 Å². The second-order valence-corrected chi connectivity index (χ2v) is 9.12. The van der Waals surface area contributed by atoms with Gasteiger partial charge in [-0.05, 0) is 29.3 Å². The van der Waals surface area contributed by atoms with E-state index in [0.717, 1.165) is 16.8 Å². The van der Waals surface area contributed by atoms with E-state index in [4.69, 9.17) is 4.74 Å². The molecule has 4 rings (SSSR count). The lowest BCUT2D eigenvalue weighted by molar-refractivity contribution is -0.118. The summed E-state index contributed by atoms with van der Waals surface area (Å²) in [5.41, 5.74) is 4.15. The maximum atomic E-state index is 12.4. The van der Waals surface area contributed by atoms with Crippen molar-refractivity contribution in [2.45, 2.75) is 4.58 Å². The summed E-state index contributed by atoms with van der Waals surface area (Å²) < 4.78 is 6.20. The molecule has 1 aliphatic heterocycles. The Labute approximate surface area is 173 Å². The molecule has 0 saturated carbocycles. The van der Waals surface area contributed by atoms with Crippen LogP contribution in [-0.2, 0) is 4.79 Å². The summed E-state index contributed by atoms with van der Waals surface area (Å²) in [5, 5.41) is 2.96. The van der Waals surface area contributed by atoms with Crippen molar-refractivity contribution >= 4 is 35.1 Å². The number of amides is 1. The Morgan fingerprint density at radius 3 is 2.32 bits per heavy atom. The monoisotopic (exact) mass is 407 g/mol. The molecule has 0 aromatic heterocycles. The maximum Gasteiger partial charge on any atom is 0.262 e. The summed E-state index contributed by atoms with van der Waals surface area (Å²) in [6.07, 6.45) is 0. The minimum Gasteiger partial charge on any atom is -0.484 e. The van der Waals surface area contributed by atoms with Gasteiger partial charge in [-0.15, -0.1) is 23.5 Å². The van der Waals surface area contributed by atoms with Gasteiger partial charge in [0.2, 0.25) is 0 Å². The lowest BCUT2D eigenvalue weighted by Crippen LogP contribution is -2.20. The molecule has 5 heteroatoms. The molecule has 0 unspecified atom stereocenters. The van der Waals surface area contributed by atoms with Crippen LogP contribution >= 0.6 is 23.5 Å². The van der Waals surface area contributed by atoms with E-state index < -0.39 is 0 Å². The summed E-state index contributed by atoms with van der Waals surface area (Å²) in [5.74, 6) is 2.95. The highest BCUT2D eigenvalue weighted by Gasteiger charge is 2.18. The van der Waals surface area contributed by atoms with E-state index in [2.05, 4.69) is 17.4 Å². The van der Waals surface area contributed by atoms with Crippen LogP contribution in [-0.4, -0.2) is 24.0 Å². The number of benzene rings is 3. The van der Waals surface area contributed by atoms with E-state index in [-0.39, 0.29) is 12.5 Å². The largest absolute Gasteiger partial charge is 0.484 e. The fourth-order valence-electron chi connectivity index (χ4n) is 3.07. The van der Waals surface area contributed by atoms with E-state index in [1.165, 1.54) is 17.1 Å². The van der Waals surface area contributed by atoms with Crippen molar-refractivity contribution in [2.75, 3.05) is 23.4 Å². The first-order valence-electron chi connectivity index (χ1n) is 9.20. The Bertz CT molecular complexity index is 923. The van der Waals surface area contributed by atoms with Crippen molar-refractivity contribution in [3.63, 3.8) is 0 Å². The Kier molecular flexibility index (Phi) is 6.24. The molecule has 1 saturated heterocycles. The first kappa shape index (κ1) is 19.0. The quantitative estimate of drug-likeness (QED) is 0.556. The molecule has 1 heterocycles. The third-order valence-corrected chi connectivity index (χ3v) is 7.53. The SMILES string of the molecule is O=C(COc1ccc(C2SCCS2)cc1)Nc1ccccc1-c1ccccc1. The second kappa shape index (κ2) is 9.22. The maximum absolute atomic E-state index is 12.4. The first-order chi connectivity index (χ1) is 13.8. The molecule has 1 aliphatic rings. The standard InChI is InChI=1S/C23H21NO2S2/c25-22(16-26-19-12-10-18(11-13-19)23-27-14-15-28-23)24-21-9-5-4-8-20(21)17-6-2-1-3-7-17/h1-13,23H,14-16H2,(H,24,25). The Morgan fingerprint density at radius 1 is 0.893 bits per heavy atom. The molecule has 28 heavy (non-hydrogen) atoms. The third-order valence-electron chi connectivity index (χ3n) is 4.43. The van der Waals surface area contributed by atoms with Crippen molar-refractivity contribution in [2.24, 2.45) is 0 Å². The van der Waals surface area contributed by atoms with Crippen molar-refractivity contribution in [3.8, 4) is 16.9 Å². The molecule has 0 bridgehead atoms. The number of nitrogens with one attached hydrogen (secondary N) is 1. The van der Waals surface area contributed by atoms with E-state index in [0.29, 0.717) is 10.3 Å². The van der Waals surface area contributed by atoms with Crippen LogP contribution in [0.15, 0.2) is 78.9 Å². The molecule has 0 aliphatic carbocycles. The number of carbonyl (C=O) groups excluding carboxylic acids is 1. The normalized spacial score (nSPS) is 14.0. The molecule has 3 aromatic carbocycles. The molecular weight excluding hydrogens is 386 g/mol. The van der Waals surface area contributed by atoms with Crippen molar-refractivity contribution in [3.05, 3.63) is 84.4 Å². The topological polar surface area (TPSA) is 38.3 Å². The highest BCUT2D eigenvalue weighted by atomic mass is 32.2. The first-order valence-corrected chi connectivity index (χ1v) is 11.3. The van der Waals surface area contributed by atoms with Crippen LogP contribution in [0.1, 0.15) is 10.1 Å². The van der Waals surface area contributed by atoms with Gasteiger partial charge in [0.05, 0.1) is 4.58 Å². The van der Waals surface area contributed by atoms with E-state index in [1.807, 2.05) is 90.3 Å². The van der Waals surface area contributed by atoms with Crippen LogP contribution in [0, 0.1) is 0 Å². The van der Waals surface area contributed by atoms with E-state index in [1.54, 1.807) is 0 Å². The fourth-order valence-corrected chi connectivity index (χ4v) is 5.93. The predicted molar refractivity (Wildman–Crippen MR) is 120 cm³/mol. The molecule has 1 fully saturated rings. The van der Waals surface area contributed by atoms with Gasteiger partial charge in [-0.3, -0.25) is 4.79 Å². The van der Waals surface area contributed by atoms with Crippen LogP contribution in [0.3, 0.4) is 0 Å². The molecule has 3 nitrogen and oxygen atoms in total. The van der Waals surface area contributed by atoms with Crippen LogP contribution in [0.4, 0.5) is 5.69 Å². The van der Waals surface area contributed by atoms with Crippen LogP contribution in [0.25, 0.3) is 11.1 Å². The number of hydrogen-bond acceptors (Lipinski definition) is 4. The van der Waals surface area contributed by atoms with Gasteiger partial charge in [0, 0.05) is 22.8 Å². The van der Waals surface area contributed by atoms with Crippen LogP contribution < -0.4 is 10.1 Å². The Hall–Kier alpha value is -2.37. The Morgan fingerprint density at radius 2 is 1.57 bits per heavy atom. The summed E-state index contributed by atoms with van der Waals surface area (Å²) in [7, 11) is 0. The minimum absolute atomic E-state index is 0.0185. The summed E-state index contributed by atoms with van der Waals surface area (Å²) in [6.45, 7) is -0.0185. The molecular formula is C23H21NO2S2. The van der Waals surface area contributed by atoms with Crippen molar-refractivity contribution < 1.29 is 9.53 Å². The van der Waals surface area contributed by atoms with Crippen LogP contribution in [0.5, 0.6) is 5.75 Å². The minimum atomic E-state index is -0.172. The summed E-state index contributed by atoms with van der Waals surface area (Å²) in [6, 6.07) is 25.9. The van der Waals surface area contributed by atoms with E-state index in [9.17, 15) is 4.79 Å². The number of carbonyl (C=O) groups is 1. The van der Waals surface area contributed by atoms with Gasteiger partial charge in [-0.25, -0.2) is 0 Å². The zero-order valence-electron chi connectivity index (χ0n) is 15.3. The average molecular weight is 408 g/mol. The summed E-state index contributed by atoms with van der Waals surface area (Å²) in [4.78, 5) is 12.4. The number of hydrogen-bond donors (Lipinski definition) is 1. The zero-order chi connectivity index (χ0) is 19.2. The fraction of sp³-hybridized carbons (Fsp3) is 0.174. The van der Waals surface area contributed by atoms with Gasteiger partial charge in [0.1, 0.15) is 5.75 Å². The number of rotatable bonds is 6. The highest BCUT2D eigenvalue weighted by molar-refractivity contribution is 8.19. The Balaban J connectivity index is 1.36. The molecule has 0 spiro atoms. The molecule has 1 N–H and O–H groups in total. The highest BCUT2D eigenvalue weighted by Crippen LogP contribution is 2.45. The van der Waals surface area contributed by atoms with Crippen molar-refractivity contribution in [1.29, 1.82) is 0 Å². The molecule has 1 amide bonds. The number of ether oxygens (including phenoxy) is 1. The molecule has 3 aromatic rings. The van der Waals surface area contributed by atoms with Gasteiger partial charge < -0.3 is 10.1 Å². The average Bonchev–Trinajstić information content (AvgIpc) is 3.29. The van der Waals surface area contributed by atoms with Gasteiger partial charge in [-0.1, -0.05) is 60.7 Å². The van der Waals surface area contributed by atoms with Gasteiger partial charge in [0.25, 0.3) is 5.91 Å². The summed E-state index contributed by atoms with van der Waals surface area (Å²) >= 11 is 3.96. The van der Waals surface area contributed by atoms with Gasteiger partial charge in [0.15, 0.2) is 6.61 Å². The van der Waals surface area contributed by atoms with Crippen LogP contribution in [0.2, 0.25) is 0 Å². The smallest absolute Gasteiger partial charge is 0.262 e. The van der Waals surface area contributed by atoms with Crippen molar-refractivity contribution in [1.82, 2.24) is 0 Å². The molecule has 0 atom stereocenters. The number of anilines is 1. The third kappa shape index (κ3) is 4.72. The lowest BCUT2D eigenvalue weighted by Gasteiger charge is -2.13. The molecule has 0 radical (unpaired) electrons. The second-order valence-electron chi connectivity index (χ2n) is 6.39. The van der Waals surface area contributed by atoms with E-state index >= 15 is 0 Å². The number of para-hydroxylation sites is 1. The zero-order valence-corrected chi connectivity index (χ0v) is 17.0. The number of thioether (sulfide) groups is 2.